The Kier molecular flexibility index (Phi) is 2.65. The van der Waals surface area contributed by atoms with Crippen LogP contribution in [0.15, 0.2) is 17.1 Å². The first-order chi connectivity index (χ1) is 7.11. The van der Waals surface area contributed by atoms with E-state index in [9.17, 15) is 4.79 Å². The largest absolute Gasteiger partial charge is 0.313 e. The van der Waals surface area contributed by atoms with Crippen LogP contribution in [0.4, 0.5) is 0 Å². The van der Waals surface area contributed by atoms with Gasteiger partial charge in [-0.1, -0.05) is 6.92 Å². The van der Waals surface area contributed by atoms with Gasteiger partial charge in [0.2, 0.25) is 0 Å². The first kappa shape index (κ1) is 10.4. The summed E-state index contributed by atoms with van der Waals surface area (Å²) >= 11 is 0. The molecule has 1 aromatic rings. The minimum atomic E-state index is 0.127. The molecule has 0 aromatic carbocycles. The summed E-state index contributed by atoms with van der Waals surface area (Å²) in [5.74, 6) is 0. The van der Waals surface area contributed by atoms with E-state index in [1.54, 1.807) is 6.07 Å². The molecule has 1 aliphatic rings. The fraction of sp³-hybridized carbons (Fsp3) is 0.583. The van der Waals surface area contributed by atoms with Crippen LogP contribution < -0.4 is 5.56 Å². The first-order valence-corrected chi connectivity index (χ1v) is 5.58. The number of aromatic nitrogens is 1. The highest BCUT2D eigenvalue weighted by atomic mass is 16.1. The minimum Gasteiger partial charge on any atom is -0.313 e. The van der Waals surface area contributed by atoms with Crippen LogP contribution in [0, 0.1) is 0 Å². The van der Waals surface area contributed by atoms with Gasteiger partial charge in [-0.05, 0) is 31.5 Å². The molecule has 2 rings (SSSR count). The van der Waals surface area contributed by atoms with Crippen molar-refractivity contribution >= 4 is 0 Å². The summed E-state index contributed by atoms with van der Waals surface area (Å²) in [5, 5.41) is 0. The van der Waals surface area contributed by atoms with Crippen molar-refractivity contribution in [3.8, 4) is 0 Å². The van der Waals surface area contributed by atoms with E-state index >= 15 is 0 Å². The molecule has 0 spiro atoms. The van der Waals surface area contributed by atoms with Crippen LogP contribution in [-0.2, 0) is 13.1 Å². The second-order valence-electron chi connectivity index (χ2n) is 4.47. The van der Waals surface area contributed by atoms with Gasteiger partial charge in [0.1, 0.15) is 0 Å². The smallest absolute Gasteiger partial charge is 0.251 e. The number of nitrogens with zero attached hydrogens (tertiary/aromatic N) is 2. The molecule has 3 nitrogen and oxygen atoms in total. The fourth-order valence-corrected chi connectivity index (χ4v) is 2.09. The summed E-state index contributed by atoms with van der Waals surface area (Å²) in [6.45, 7) is 9.20. The molecule has 2 heterocycles. The van der Waals surface area contributed by atoms with E-state index in [0.29, 0.717) is 0 Å². The Labute approximate surface area is 90.3 Å². The van der Waals surface area contributed by atoms with Gasteiger partial charge in [-0.3, -0.25) is 9.69 Å². The molecule has 0 bridgehead atoms. The molecule has 0 atom stereocenters. The normalized spacial score (nSPS) is 16.0. The average Bonchev–Trinajstić information content (AvgIpc) is 2.58. The highest BCUT2D eigenvalue weighted by molar-refractivity contribution is 5.27. The monoisotopic (exact) mass is 206 g/mol. The van der Waals surface area contributed by atoms with Crippen molar-refractivity contribution in [2.75, 3.05) is 6.54 Å². The lowest BCUT2D eigenvalue weighted by Crippen LogP contribution is -2.21. The number of pyridine rings is 1. The Bertz CT molecular complexity index is 420. The Morgan fingerprint density at radius 3 is 2.60 bits per heavy atom. The molecule has 0 saturated heterocycles. The maximum Gasteiger partial charge on any atom is 0.251 e. The van der Waals surface area contributed by atoms with Gasteiger partial charge in [-0.2, -0.15) is 0 Å². The van der Waals surface area contributed by atoms with Crippen molar-refractivity contribution in [3.63, 3.8) is 0 Å². The Morgan fingerprint density at radius 2 is 2.00 bits per heavy atom. The van der Waals surface area contributed by atoms with E-state index < -0.39 is 0 Å². The molecule has 0 N–H and O–H groups in total. The summed E-state index contributed by atoms with van der Waals surface area (Å²) in [6.07, 6.45) is 2.03. The van der Waals surface area contributed by atoms with Crippen LogP contribution in [-0.4, -0.2) is 16.0 Å². The number of hydrogen-bond donors (Lipinski definition) is 0. The minimum absolute atomic E-state index is 0.127. The van der Waals surface area contributed by atoms with E-state index in [4.69, 9.17) is 0 Å². The second-order valence-corrected chi connectivity index (χ2v) is 4.47. The van der Waals surface area contributed by atoms with Crippen molar-refractivity contribution in [3.05, 3.63) is 33.7 Å². The SMILES string of the molecule is CCN1Cc2cc(=O)n(C(C)C)cc2C1. The van der Waals surface area contributed by atoms with Crippen LogP contribution in [0.2, 0.25) is 0 Å². The van der Waals surface area contributed by atoms with Crippen molar-refractivity contribution in [2.45, 2.75) is 39.9 Å². The maximum atomic E-state index is 11.8. The predicted octanol–water partition coefficient (Wildman–Crippen LogP) is 1.76. The molecule has 82 valence electrons. The van der Waals surface area contributed by atoms with Crippen LogP contribution in [0.25, 0.3) is 0 Å². The average molecular weight is 206 g/mol. The quantitative estimate of drug-likeness (QED) is 0.736. The summed E-state index contributed by atoms with van der Waals surface area (Å²) in [5.41, 5.74) is 2.64. The maximum absolute atomic E-state index is 11.8. The zero-order valence-corrected chi connectivity index (χ0v) is 9.66. The van der Waals surface area contributed by atoms with Gasteiger partial charge in [-0.25, -0.2) is 0 Å². The third-order valence-electron chi connectivity index (χ3n) is 3.05. The van der Waals surface area contributed by atoms with Crippen molar-refractivity contribution in [1.82, 2.24) is 9.47 Å². The fourth-order valence-electron chi connectivity index (χ4n) is 2.09. The molecule has 3 heteroatoms. The Balaban J connectivity index is 2.41. The van der Waals surface area contributed by atoms with Gasteiger partial charge >= 0.3 is 0 Å². The third kappa shape index (κ3) is 1.84. The van der Waals surface area contributed by atoms with Gasteiger partial charge in [0.05, 0.1) is 0 Å². The van der Waals surface area contributed by atoms with Crippen LogP contribution in [0.1, 0.15) is 37.9 Å². The van der Waals surface area contributed by atoms with E-state index in [0.717, 1.165) is 19.6 Å². The van der Waals surface area contributed by atoms with Gasteiger partial charge in [0, 0.05) is 31.4 Å². The number of fused-ring (bicyclic) bond motifs is 1. The highest BCUT2D eigenvalue weighted by Gasteiger charge is 2.19. The summed E-state index contributed by atoms with van der Waals surface area (Å²) in [4.78, 5) is 14.1. The molecular weight excluding hydrogens is 188 g/mol. The van der Waals surface area contributed by atoms with E-state index in [-0.39, 0.29) is 11.6 Å². The lowest BCUT2D eigenvalue weighted by molar-refractivity contribution is 0.300. The highest BCUT2D eigenvalue weighted by Crippen LogP contribution is 2.21. The van der Waals surface area contributed by atoms with Gasteiger partial charge in [-0.15, -0.1) is 0 Å². The molecule has 0 saturated carbocycles. The lowest BCUT2D eigenvalue weighted by atomic mass is 10.2. The van der Waals surface area contributed by atoms with Crippen LogP contribution in [0.3, 0.4) is 0 Å². The standard InChI is InChI=1S/C12H18N2O/c1-4-13-6-10-5-12(15)14(9(2)3)8-11(10)7-13/h5,8-9H,4,6-7H2,1-3H3. The summed E-state index contributed by atoms with van der Waals surface area (Å²) < 4.78 is 1.82. The van der Waals surface area contributed by atoms with Crippen molar-refractivity contribution < 1.29 is 0 Å². The zero-order chi connectivity index (χ0) is 11.0. The Morgan fingerprint density at radius 1 is 1.33 bits per heavy atom. The summed E-state index contributed by atoms with van der Waals surface area (Å²) in [6, 6.07) is 2.05. The molecule has 15 heavy (non-hydrogen) atoms. The van der Waals surface area contributed by atoms with Crippen LogP contribution in [0.5, 0.6) is 0 Å². The predicted molar refractivity (Wildman–Crippen MR) is 60.9 cm³/mol. The molecule has 1 aliphatic heterocycles. The second kappa shape index (κ2) is 3.81. The topological polar surface area (TPSA) is 25.2 Å². The molecule has 0 amide bonds. The van der Waals surface area contributed by atoms with Gasteiger partial charge in [0.25, 0.3) is 5.56 Å². The van der Waals surface area contributed by atoms with Gasteiger partial charge < -0.3 is 4.57 Å². The van der Waals surface area contributed by atoms with E-state index in [2.05, 4.69) is 11.8 Å². The lowest BCUT2D eigenvalue weighted by Gasteiger charge is -2.11. The first-order valence-electron chi connectivity index (χ1n) is 5.58. The summed E-state index contributed by atoms with van der Waals surface area (Å²) in [7, 11) is 0. The van der Waals surface area contributed by atoms with Crippen LogP contribution >= 0.6 is 0 Å². The third-order valence-corrected chi connectivity index (χ3v) is 3.05. The molecule has 0 aliphatic carbocycles. The molecule has 1 aromatic heterocycles. The van der Waals surface area contributed by atoms with Crippen molar-refractivity contribution in [2.24, 2.45) is 0 Å². The zero-order valence-electron chi connectivity index (χ0n) is 9.66. The van der Waals surface area contributed by atoms with E-state index in [1.165, 1.54) is 11.1 Å². The molecule has 0 radical (unpaired) electrons. The van der Waals surface area contributed by atoms with E-state index in [1.807, 2.05) is 24.6 Å². The Hall–Kier alpha value is -1.09. The number of hydrogen-bond acceptors (Lipinski definition) is 2. The van der Waals surface area contributed by atoms with Gasteiger partial charge in [0.15, 0.2) is 0 Å². The number of rotatable bonds is 2. The molecular formula is C12H18N2O. The van der Waals surface area contributed by atoms with Crippen molar-refractivity contribution in [1.29, 1.82) is 0 Å². The molecule has 0 unspecified atom stereocenters. The molecule has 0 fully saturated rings.